The Morgan fingerprint density at radius 3 is 2.72 bits per heavy atom. The number of rotatable bonds is 2. The zero-order chi connectivity index (χ0) is 18.5. The fourth-order valence-electron chi connectivity index (χ4n) is 2.96. The molecule has 2 N–H and O–H groups in total. The molecule has 0 saturated carbocycles. The van der Waals surface area contributed by atoms with Gasteiger partial charge in [0.2, 0.25) is 17.7 Å². The lowest BCUT2D eigenvalue weighted by Gasteiger charge is -2.45. The Hall–Kier alpha value is -2.03. The first-order chi connectivity index (χ1) is 11.6. The zero-order valence-corrected chi connectivity index (χ0v) is 15.5. The number of anilines is 1. The third kappa shape index (κ3) is 2.90. The molecule has 0 radical (unpaired) electrons. The molecule has 132 valence electrons. The molecule has 1 atom stereocenters. The third-order valence-electron chi connectivity index (χ3n) is 4.40. The number of nitrogens with zero attached hydrogens (tertiary/aromatic N) is 2. The van der Waals surface area contributed by atoms with E-state index in [9.17, 15) is 14.4 Å². The van der Waals surface area contributed by atoms with Gasteiger partial charge >= 0.3 is 0 Å². The van der Waals surface area contributed by atoms with Crippen molar-refractivity contribution in [3.63, 3.8) is 0 Å². The molecule has 0 unspecified atom stereocenters. The van der Waals surface area contributed by atoms with Gasteiger partial charge in [-0.2, -0.15) is 5.01 Å². The Balaban J connectivity index is 1.89. The Morgan fingerprint density at radius 2 is 2.08 bits per heavy atom. The second-order valence-electron chi connectivity index (χ2n) is 6.54. The van der Waals surface area contributed by atoms with Gasteiger partial charge in [-0.1, -0.05) is 17.7 Å². The van der Waals surface area contributed by atoms with Gasteiger partial charge in [-0.3, -0.25) is 19.7 Å². The maximum atomic E-state index is 12.8. The highest BCUT2D eigenvalue weighted by molar-refractivity contribution is 7.80. The molecule has 2 aliphatic heterocycles. The van der Waals surface area contributed by atoms with Crippen molar-refractivity contribution in [2.45, 2.75) is 38.8 Å². The summed E-state index contributed by atoms with van der Waals surface area (Å²) >= 11 is 11.2. The summed E-state index contributed by atoms with van der Waals surface area (Å²) in [5.41, 5.74) is 0.316. The molecule has 0 spiro atoms. The van der Waals surface area contributed by atoms with Gasteiger partial charge in [0.1, 0.15) is 11.6 Å². The molecule has 3 rings (SSSR count). The molecule has 0 aliphatic carbocycles. The predicted octanol–water partition coefficient (Wildman–Crippen LogP) is 1.60. The van der Waals surface area contributed by atoms with E-state index in [2.05, 4.69) is 10.6 Å². The highest BCUT2D eigenvalue weighted by Gasteiger charge is 2.56. The van der Waals surface area contributed by atoms with E-state index < -0.39 is 17.5 Å². The van der Waals surface area contributed by atoms with Crippen LogP contribution in [0.15, 0.2) is 18.2 Å². The predicted molar refractivity (Wildman–Crippen MR) is 96.7 cm³/mol. The van der Waals surface area contributed by atoms with Crippen LogP contribution in [-0.4, -0.2) is 44.4 Å². The molecule has 25 heavy (non-hydrogen) atoms. The molecule has 2 heterocycles. The van der Waals surface area contributed by atoms with Crippen LogP contribution in [0.4, 0.5) is 5.69 Å². The van der Waals surface area contributed by atoms with Crippen molar-refractivity contribution in [1.29, 1.82) is 0 Å². The fraction of sp³-hybridized carbons (Fsp3) is 0.375. The standard InChI is InChI=1S/C16H17ClN4O3S/c1-8-4-5-9(6-10(8)17)18-13(23)11-7-12(22)20-15(25)19-14(24)16(2,3)21(11)20/h4-6,11H,7H2,1-3H3,(H,18,23)(H,19,24,25)/t11-/m0/s1. The summed E-state index contributed by atoms with van der Waals surface area (Å²) in [7, 11) is 0. The first-order valence-corrected chi connectivity index (χ1v) is 8.46. The summed E-state index contributed by atoms with van der Waals surface area (Å²) in [6.45, 7) is 5.13. The van der Waals surface area contributed by atoms with E-state index in [1.54, 1.807) is 32.0 Å². The number of carbonyl (C=O) groups is 3. The number of nitrogens with one attached hydrogen (secondary N) is 2. The lowest BCUT2D eigenvalue weighted by molar-refractivity contribution is -0.154. The molecule has 1 aromatic rings. The van der Waals surface area contributed by atoms with Crippen LogP contribution in [-0.2, 0) is 14.4 Å². The molecule has 0 bridgehead atoms. The summed E-state index contributed by atoms with van der Waals surface area (Å²) in [6, 6.07) is 4.32. The molecule has 0 aromatic heterocycles. The zero-order valence-electron chi connectivity index (χ0n) is 13.9. The second-order valence-corrected chi connectivity index (χ2v) is 7.34. The van der Waals surface area contributed by atoms with Gasteiger partial charge in [0.15, 0.2) is 5.11 Å². The first kappa shape index (κ1) is 17.8. The van der Waals surface area contributed by atoms with Crippen LogP contribution in [0.3, 0.4) is 0 Å². The lowest BCUT2D eigenvalue weighted by Crippen LogP contribution is -2.71. The minimum absolute atomic E-state index is 0.0111. The average Bonchev–Trinajstić information content (AvgIpc) is 2.88. The maximum absolute atomic E-state index is 12.8. The van der Waals surface area contributed by atoms with Crippen LogP contribution in [0.1, 0.15) is 25.8 Å². The monoisotopic (exact) mass is 380 g/mol. The van der Waals surface area contributed by atoms with E-state index in [4.69, 9.17) is 23.8 Å². The SMILES string of the molecule is Cc1ccc(NC(=O)[C@@H]2CC(=O)N3C(=S)NC(=O)C(C)(C)N23)cc1Cl. The van der Waals surface area contributed by atoms with Crippen molar-refractivity contribution in [3.8, 4) is 0 Å². The van der Waals surface area contributed by atoms with E-state index in [1.165, 1.54) is 10.0 Å². The van der Waals surface area contributed by atoms with Crippen molar-refractivity contribution in [2.75, 3.05) is 5.32 Å². The van der Waals surface area contributed by atoms with Crippen LogP contribution in [0.2, 0.25) is 5.02 Å². The summed E-state index contributed by atoms with van der Waals surface area (Å²) in [4.78, 5) is 37.3. The van der Waals surface area contributed by atoms with Gasteiger partial charge in [0.25, 0.3) is 0 Å². The van der Waals surface area contributed by atoms with Gasteiger partial charge in [-0.05, 0) is 50.7 Å². The number of hydrogen-bond acceptors (Lipinski definition) is 5. The van der Waals surface area contributed by atoms with E-state index >= 15 is 0 Å². The molecule has 2 fully saturated rings. The minimum atomic E-state index is -1.10. The largest absolute Gasteiger partial charge is 0.325 e. The van der Waals surface area contributed by atoms with Gasteiger partial charge in [0, 0.05) is 10.7 Å². The molecule has 2 saturated heterocycles. The summed E-state index contributed by atoms with van der Waals surface area (Å²) in [5.74, 6) is -1.10. The Labute approximate surface area is 155 Å². The van der Waals surface area contributed by atoms with Crippen molar-refractivity contribution < 1.29 is 14.4 Å². The molecule has 7 nitrogen and oxygen atoms in total. The van der Waals surface area contributed by atoms with E-state index in [-0.39, 0.29) is 23.3 Å². The second kappa shape index (κ2) is 6.05. The molecule has 3 amide bonds. The normalized spacial score (nSPS) is 22.6. The van der Waals surface area contributed by atoms with Crippen LogP contribution in [0.25, 0.3) is 0 Å². The number of amides is 3. The van der Waals surface area contributed by atoms with Crippen LogP contribution < -0.4 is 10.6 Å². The van der Waals surface area contributed by atoms with Crippen molar-refractivity contribution in [2.24, 2.45) is 0 Å². The number of halogens is 1. The molecular formula is C16H17ClN4O3S. The lowest BCUT2D eigenvalue weighted by atomic mass is 10.00. The van der Waals surface area contributed by atoms with Crippen molar-refractivity contribution in [3.05, 3.63) is 28.8 Å². The molecule has 1 aromatic carbocycles. The Bertz CT molecular complexity index is 811. The van der Waals surface area contributed by atoms with Gasteiger partial charge in [0.05, 0.1) is 6.42 Å². The number of hydrogen-bond donors (Lipinski definition) is 2. The first-order valence-electron chi connectivity index (χ1n) is 7.67. The van der Waals surface area contributed by atoms with Crippen LogP contribution >= 0.6 is 23.8 Å². The molecule has 9 heteroatoms. The van der Waals surface area contributed by atoms with E-state index in [0.29, 0.717) is 10.7 Å². The fourth-order valence-corrected chi connectivity index (χ4v) is 3.42. The van der Waals surface area contributed by atoms with Crippen molar-refractivity contribution >= 4 is 52.3 Å². The summed E-state index contributed by atoms with van der Waals surface area (Å²) < 4.78 is 0. The number of carbonyl (C=O) groups excluding carboxylic acids is 3. The van der Waals surface area contributed by atoms with Crippen molar-refractivity contribution in [1.82, 2.24) is 15.3 Å². The number of hydrazine groups is 1. The number of benzene rings is 1. The number of thiocarbonyl (C=S) groups is 1. The van der Waals surface area contributed by atoms with E-state index in [1.807, 2.05) is 6.92 Å². The quantitative estimate of drug-likeness (QED) is 0.761. The molecule has 2 aliphatic rings. The topological polar surface area (TPSA) is 81.8 Å². The smallest absolute Gasteiger partial charge is 0.248 e. The van der Waals surface area contributed by atoms with Crippen LogP contribution in [0, 0.1) is 6.92 Å². The number of aryl methyl sites for hydroxylation is 1. The summed E-state index contributed by atoms with van der Waals surface area (Å²) in [5, 5.41) is 8.42. The highest BCUT2D eigenvalue weighted by atomic mass is 35.5. The average molecular weight is 381 g/mol. The van der Waals surface area contributed by atoms with Gasteiger partial charge in [-0.15, -0.1) is 0 Å². The highest BCUT2D eigenvalue weighted by Crippen LogP contribution is 2.33. The van der Waals surface area contributed by atoms with E-state index in [0.717, 1.165) is 5.56 Å². The number of fused-ring (bicyclic) bond motifs is 1. The van der Waals surface area contributed by atoms with Gasteiger partial charge in [-0.25, -0.2) is 5.01 Å². The summed E-state index contributed by atoms with van der Waals surface area (Å²) in [6.07, 6.45) is -0.0655. The molecular weight excluding hydrogens is 364 g/mol. The van der Waals surface area contributed by atoms with Gasteiger partial charge < -0.3 is 5.32 Å². The Kier molecular flexibility index (Phi) is 4.30. The Morgan fingerprint density at radius 1 is 1.40 bits per heavy atom. The third-order valence-corrected chi connectivity index (χ3v) is 5.08. The van der Waals surface area contributed by atoms with Crippen LogP contribution in [0.5, 0.6) is 0 Å². The minimum Gasteiger partial charge on any atom is -0.325 e. The maximum Gasteiger partial charge on any atom is 0.248 e.